The Morgan fingerprint density at radius 2 is 2.38 bits per heavy atom. The van der Waals surface area contributed by atoms with Gasteiger partial charge in [0.15, 0.2) is 0 Å². The Kier molecular flexibility index (Phi) is 4.29. The highest BCUT2D eigenvalue weighted by atomic mass is 16.5. The van der Waals surface area contributed by atoms with Crippen LogP contribution in [-0.2, 0) is 11.2 Å². The molecule has 1 atom stereocenters. The van der Waals surface area contributed by atoms with Gasteiger partial charge in [-0.25, -0.2) is 4.79 Å². The van der Waals surface area contributed by atoms with E-state index < -0.39 is 0 Å². The van der Waals surface area contributed by atoms with Gasteiger partial charge in [0.25, 0.3) is 0 Å². The third-order valence-electron chi connectivity index (χ3n) is 4.16. The highest BCUT2D eigenvalue weighted by molar-refractivity contribution is 5.93. The van der Waals surface area contributed by atoms with E-state index in [1.165, 1.54) is 5.56 Å². The number of nitrogens with zero attached hydrogens (tertiary/aromatic N) is 1. The highest BCUT2D eigenvalue weighted by Gasteiger charge is 2.24. The van der Waals surface area contributed by atoms with Gasteiger partial charge in [0.1, 0.15) is 5.75 Å². The Morgan fingerprint density at radius 3 is 3.14 bits per heavy atom. The summed E-state index contributed by atoms with van der Waals surface area (Å²) in [5, 5.41) is 2.99. The Morgan fingerprint density at radius 1 is 1.48 bits per heavy atom. The van der Waals surface area contributed by atoms with Crippen molar-refractivity contribution in [2.45, 2.75) is 31.8 Å². The first-order valence-corrected chi connectivity index (χ1v) is 7.62. The van der Waals surface area contributed by atoms with Crippen molar-refractivity contribution < 1.29 is 14.3 Å². The van der Waals surface area contributed by atoms with Crippen LogP contribution in [0.15, 0.2) is 18.2 Å². The van der Waals surface area contributed by atoms with E-state index in [0.717, 1.165) is 50.3 Å². The first kappa shape index (κ1) is 14.2. The summed E-state index contributed by atoms with van der Waals surface area (Å²) in [6.45, 7) is 2.17. The zero-order chi connectivity index (χ0) is 14.7. The molecule has 0 radical (unpaired) electrons. The summed E-state index contributed by atoms with van der Waals surface area (Å²) in [5.74, 6) is 0.843. The van der Waals surface area contributed by atoms with Gasteiger partial charge < -0.3 is 14.8 Å². The Labute approximate surface area is 125 Å². The molecule has 0 aliphatic carbocycles. The van der Waals surface area contributed by atoms with Crippen LogP contribution in [0.4, 0.5) is 10.5 Å². The van der Waals surface area contributed by atoms with Crippen LogP contribution in [-0.4, -0.2) is 38.9 Å². The molecular weight excluding hydrogens is 268 g/mol. The summed E-state index contributed by atoms with van der Waals surface area (Å²) >= 11 is 0. The van der Waals surface area contributed by atoms with Crippen molar-refractivity contribution in [1.82, 2.24) is 5.32 Å². The maximum atomic E-state index is 12.4. The van der Waals surface area contributed by atoms with Crippen LogP contribution >= 0.6 is 0 Å². The number of methoxy groups -OCH3 is 1. The molecule has 2 aliphatic rings. The van der Waals surface area contributed by atoms with Gasteiger partial charge in [-0.1, -0.05) is 0 Å². The van der Waals surface area contributed by atoms with E-state index in [0.29, 0.717) is 6.54 Å². The monoisotopic (exact) mass is 290 g/mol. The van der Waals surface area contributed by atoms with Crippen LogP contribution in [0.2, 0.25) is 0 Å². The van der Waals surface area contributed by atoms with Crippen LogP contribution in [0.25, 0.3) is 0 Å². The van der Waals surface area contributed by atoms with Gasteiger partial charge in [0.2, 0.25) is 0 Å². The lowest BCUT2D eigenvalue weighted by atomic mass is 10.0. The number of rotatable bonds is 3. The molecule has 2 aliphatic heterocycles. The Balaban J connectivity index is 1.67. The molecule has 0 spiro atoms. The molecule has 3 rings (SSSR count). The lowest BCUT2D eigenvalue weighted by Crippen LogP contribution is -2.45. The molecule has 0 unspecified atom stereocenters. The number of urea groups is 1. The number of hydrogen-bond donors (Lipinski definition) is 1. The molecule has 2 heterocycles. The molecule has 0 aromatic heterocycles. The van der Waals surface area contributed by atoms with Crippen LogP contribution in [0, 0.1) is 0 Å². The van der Waals surface area contributed by atoms with Gasteiger partial charge in [0.05, 0.1) is 13.2 Å². The van der Waals surface area contributed by atoms with E-state index in [1.807, 2.05) is 23.1 Å². The average Bonchev–Trinajstić information content (AvgIpc) is 3.04. The third kappa shape index (κ3) is 3.13. The molecule has 0 saturated carbocycles. The largest absolute Gasteiger partial charge is 0.497 e. The summed E-state index contributed by atoms with van der Waals surface area (Å²) < 4.78 is 10.8. The van der Waals surface area contributed by atoms with E-state index in [-0.39, 0.29) is 12.1 Å². The molecule has 1 fully saturated rings. The van der Waals surface area contributed by atoms with E-state index in [2.05, 4.69) is 5.32 Å². The standard InChI is InChI=1S/C16H22N2O3/c1-20-13-6-7-15-12(10-13)4-2-8-18(15)16(19)17-11-14-5-3-9-21-14/h6-7,10,14H,2-5,8-9,11H2,1H3,(H,17,19)/t14-/m0/s1. The number of benzene rings is 1. The van der Waals surface area contributed by atoms with Gasteiger partial charge >= 0.3 is 6.03 Å². The predicted molar refractivity (Wildman–Crippen MR) is 81.0 cm³/mol. The minimum atomic E-state index is -0.0309. The number of anilines is 1. The molecule has 0 bridgehead atoms. The van der Waals surface area contributed by atoms with Crippen LogP contribution < -0.4 is 15.0 Å². The molecule has 1 aromatic carbocycles. The van der Waals surface area contributed by atoms with Crippen LogP contribution in [0.3, 0.4) is 0 Å². The number of amides is 2. The van der Waals surface area contributed by atoms with E-state index in [4.69, 9.17) is 9.47 Å². The van der Waals surface area contributed by atoms with Crippen molar-refractivity contribution in [2.24, 2.45) is 0 Å². The van der Waals surface area contributed by atoms with Gasteiger partial charge in [-0.3, -0.25) is 4.90 Å². The maximum Gasteiger partial charge on any atom is 0.321 e. The third-order valence-corrected chi connectivity index (χ3v) is 4.16. The zero-order valence-corrected chi connectivity index (χ0v) is 12.4. The number of nitrogens with one attached hydrogen (secondary N) is 1. The van der Waals surface area contributed by atoms with Gasteiger partial charge in [0, 0.05) is 25.4 Å². The molecule has 2 amide bonds. The Hall–Kier alpha value is -1.75. The second kappa shape index (κ2) is 6.35. The summed E-state index contributed by atoms with van der Waals surface area (Å²) in [5.41, 5.74) is 2.17. The number of hydrogen-bond acceptors (Lipinski definition) is 3. The molecule has 1 aromatic rings. The van der Waals surface area contributed by atoms with Gasteiger partial charge in [-0.15, -0.1) is 0 Å². The number of aryl methyl sites for hydroxylation is 1. The topological polar surface area (TPSA) is 50.8 Å². The number of ether oxygens (including phenoxy) is 2. The molecule has 5 nitrogen and oxygen atoms in total. The predicted octanol–water partition coefficient (Wildman–Crippen LogP) is 2.34. The fourth-order valence-corrected chi connectivity index (χ4v) is 3.01. The SMILES string of the molecule is COc1ccc2c(c1)CCCN2C(=O)NC[C@@H]1CCCO1. The molecule has 21 heavy (non-hydrogen) atoms. The normalized spacial score (nSPS) is 21.0. The lowest BCUT2D eigenvalue weighted by molar-refractivity contribution is 0.111. The quantitative estimate of drug-likeness (QED) is 0.929. The number of carbonyl (C=O) groups is 1. The molecule has 1 N–H and O–H groups in total. The first-order valence-electron chi connectivity index (χ1n) is 7.62. The van der Waals surface area contributed by atoms with E-state index in [1.54, 1.807) is 7.11 Å². The lowest BCUT2D eigenvalue weighted by Gasteiger charge is -2.30. The summed E-state index contributed by atoms with van der Waals surface area (Å²) in [4.78, 5) is 14.2. The number of fused-ring (bicyclic) bond motifs is 1. The van der Waals surface area contributed by atoms with Crippen molar-refractivity contribution in [3.05, 3.63) is 23.8 Å². The zero-order valence-electron chi connectivity index (χ0n) is 12.4. The second-order valence-electron chi connectivity index (χ2n) is 5.57. The second-order valence-corrected chi connectivity index (χ2v) is 5.57. The minimum Gasteiger partial charge on any atom is -0.497 e. The van der Waals surface area contributed by atoms with Crippen molar-refractivity contribution in [3.63, 3.8) is 0 Å². The fourth-order valence-electron chi connectivity index (χ4n) is 3.01. The van der Waals surface area contributed by atoms with Crippen molar-refractivity contribution in [2.75, 3.05) is 31.7 Å². The van der Waals surface area contributed by atoms with E-state index in [9.17, 15) is 4.79 Å². The van der Waals surface area contributed by atoms with Gasteiger partial charge in [-0.2, -0.15) is 0 Å². The smallest absolute Gasteiger partial charge is 0.321 e. The highest BCUT2D eigenvalue weighted by Crippen LogP contribution is 2.30. The molecular formula is C16H22N2O3. The fraction of sp³-hybridized carbons (Fsp3) is 0.562. The molecule has 5 heteroatoms. The van der Waals surface area contributed by atoms with Crippen molar-refractivity contribution in [1.29, 1.82) is 0 Å². The van der Waals surface area contributed by atoms with Crippen molar-refractivity contribution >= 4 is 11.7 Å². The van der Waals surface area contributed by atoms with E-state index >= 15 is 0 Å². The average molecular weight is 290 g/mol. The van der Waals surface area contributed by atoms with Crippen LogP contribution in [0.5, 0.6) is 5.75 Å². The molecule has 114 valence electrons. The summed E-state index contributed by atoms with van der Waals surface area (Å²) in [6.07, 6.45) is 4.27. The van der Waals surface area contributed by atoms with Crippen LogP contribution in [0.1, 0.15) is 24.8 Å². The Bertz CT molecular complexity index is 512. The van der Waals surface area contributed by atoms with Gasteiger partial charge in [-0.05, 0) is 49.4 Å². The minimum absolute atomic E-state index is 0.0309. The summed E-state index contributed by atoms with van der Waals surface area (Å²) in [6, 6.07) is 5.87. The first-order chi connectivity index (χ1) is 10.3. The maximum absolute atomic E-state index is 12.4. The summed E-state index contributed by atoms with van der Waals surface area (Å²) in [7, 11) is 1.66. The number of carbonyl (C=O) groups excluding carboxylic acids is 1. The molecule has 1 saturated heterocycles. The van der Waals surface area contributed by atoms with Crippen molar-refractivity contribution in [3.8, 4) is 5.75 Å².